The molecule has 2 rings (SSSR count). The van der Waals surface area contributed by atoms with E-state index in [1.165, 1.54) is 0 Å². The second kappa shape index (κ2) is 9.96. The van der Waals surface area contributed by atoms with Crippen LogP contribution in [0, 0.1) is 0 Å². The Labute approximate surface area is 179 Å². The minimum absolute atomic E-state index is 0.103. The largest absolute Gasteiger partial charge is 0.481 e. The fourth-order valence-electron chi connectivity index (χ4n) is 3.04. The maximum atomic E-state index is 12.9. The van der Waals surface area contributed by atoms with E-state index in [-0.39, 0.29) is 12.8 Å². The minimum atomic E-state index is -1.56. The molecule has 2 aromatic rings. The molecule has 0 spiro atoms. The number of aliphatic carboxylic acids is 2. The zero-order valence-corrected chi connectivity index (χ0v) is 17.7. The molecule has 0 aliphatic rings. The van der Waals surface area contributed by atoms with Gasteiger partial charge in [0, 0.05) is 29.9 Å². The van der Waals surface area contributed by atoms with Crippen LogP contribution < -0.4 is 5.43 Å². The molecule has 0 radical (unpaired) electrons. The summed E-state index contributed by atoms with van der Waals surface area (Å²) in [6, 6.07) is 5.97. The van der Waals surface area contributed by atoms with Crippen LogP contribution in [0.4, 0.5) is 4.79 Å². The van der Waals surface area contributed by atoms with Crippen molar-refractivity contribution in [2.24, 2.45) is 0 Å². The second-order valence-corrected chi connectivity index (χ2v) is 8.02. The van der Waals surface area contributed by atoms with Crippen molar-refractivity contribution in [1.29, 1.82) is 0 Å². The molecule has 10 heteroatoms. The monoisotopic (exact) mass is 433 g/mol. The maximum absolute atomic E-state index is 12.9. The van der Waals surface area contributed by atoms with Crippen LogP contribution in [0.25, 0.3) is 10.9 Å². The van der Waals surface area contributed by atoms with Gasteiger partial charge >= 0.3 is 18.0 Å². The lowest BCUT2D eigenvalue weighted by molar-refractivity contribution is -0.154. The Morgan fingerprint density at radius 2 is 1.81 bits per heavy atom. The van der Waals surface area contributed by atoms with Crippen LogP contribution in [0.3, 0.4) is 0 Å². The number of hydrogen-bond donors (Lipinski definition) is 4. The number of amides is 2. The van der Waals surface area contributed by atoms with Crippen LogP contribution in [0.5, 0.6) is 0 Å². The summed E-state index contributed by atoms with van der Waals surface area (Å²) < 4.78 is 5.12. The fraction of sp³-hybridized carbons (Fsp3) is 0.429. The van der Waals surface area contributed by atoms with E-state index >= 15 is 0 Å². The number of ether oxygens (including phenoxy) is 1. The number of hydrogen-bond acceptors (Lipinski definition) is 5. The lowest BCUT2D eigenvalue weighted by Crippen LogP contribution is -2.55. The Morgan fingerprint density at radius 3 is 2.42 bits per heavy atom. The molecule has 1 aromatic carbocycles. The van der Waals surface area contributed by atoms with Crippen LogP contribution in [0.2, 0.25) is 0 Å². The minimum Gasteiger partial charge on any atom is -0.481 e. The zero-order chi connectivity index (χ0) is 23.2. The van der Waals surface area contributed by atoms with E-state index in [9.17, 15) is 24.3 Å². The number of aromatic nitrogens is 1. The summed E-state index contributed by atoms with van der Waals surface area (Å²) in [5.41, 5.74) is 3.08. The van der Waals surface area contributed by atoms with E-state index in [0.29, 0.717) is 11.4 Å². The summed E-state index contributed by atoms with van der Waals surface area (Å²) in [7, 11) is 0. The molecule has 31 heavy (non-hydrogen) atoms. The average molecular weight is 433 g/mol. The number of carbonyl (C=O) groups is 4. The predicted molar refractivity (Wildman–Crippen MR) is 111 cm³/mol. The summed E-state index contributed by atoms with van der Waals surface area (Å²) in [4.78, 5) is 50.9. The highest BCUT2D eigenvalue weighted by Crippen LogP contribution is 2.20. The summed E-state index contributed by atoms with van der Waals surface area (Å²) in [6.07, 6.45) is 0.0885. The first-order chi connectivity index (χ1) is 14.5. The molecule has 0 aliphatic carbocycles. The van der Waals surface area contributed by atoms with Crippen molar-refractivity contribution < 1.29 is 34.1 Å². The number of aromatic amines is 1. The molecule has 168 valence electrons. The number of carboxylic acid groups (broad SMARTS) is 2. The van der Waals surface area contributed by atoms with Crippen molar-refractivity contribution in [2.45, 2.75) is 58.1 Å². The van der Waals surface area contributed by atoms with Gasteiger partial charge in [-0.3, -0.25) is 9.59 Å². The molecule has 2 amide bonds. The van der Waals surface area contributed by atoms with Crippen molar-refractivity contribution in [2.75, 3.05) is 0 Å². The third-order valence-corrected chi connectivity index (χ3v) is 4.39. The average Bonchev–Trinajstić information content (AvgIpc) is 3.06. The first kappa shape index (κ1) is 23.7. The van der Waals surface area contributed by atoms with E-state index < -0.39 is 42.0 Å². The third kappa shape index (κ3) is 7.02. The Kier molecular flexibility index (Phi) is 7.62. The van der Waals surface area contributed by atoms with Gasteiger partial charge < -0.3 is 19.9 Å². The smallest absolute Gasteiger partial charge is 0.426 e. The van der Waals surface area contributed by atoms with Crippen LogP contribution in [0.15, 0.2) is 30.5 Å². The molecular weight excluding hydrogens is 406 g/mol. The summed E-state index contributed by atoms with van der Waals surface area (Å²) in [6.45, 7) is 4.86. The molecular formula is C21H27N3O7. The maximum Gasteiger partial charge on any atom is 0.426 e. The quantitative estimate of drug-likeness (QED) is 0.468. The summed E-state index contributed by atoms with van der Waals surface area (Å²) in [5.74, 6) is -3.32. The molecule has 10 nitrogen and oxygen atoms in total. The number of carbonyl (C=O) groups excluding carboxylic acids is 2. The van der Waals surface area contributed by atoms with E-state index in [2.05, 4.69) is 10.4 Å². The molecule has 4 N–H and O–H groups in total. The van der Waals surface area contributed by atoms with Gasteiger partial charge in [0.05, 0.1) is 0 Å². The predicted octanol–water partition coefficient (Wildman–Crippen LogP) is 2.69. The normalized spacial score (nSPS) is 12.2. The Bertz CT molecular complexity index is 961. The Balaban J connectivity index is 2.19. The second-order valence-electron chi connectivity index (χ2n) is 8.02. The van der Waals surface area contributed by atoms with Crippen molar-refractivity contribution in [1.82, 2.24) is 15.4 Å². The number of hydrazine groups is 1. The fourth-order valence-corrected chi connectivity index (χ4v) is 3.04. The first-order valence-corrected chi connectivity index (χ1v) is 9.79. The van der Waals surface area contributed by atoms with Crippen LogP contribution in [-0.4, -0.2) is 55.8 Å². The molecule has 0 saturated heterocycles. The molecule has 1 heterocycles. The van der Waals surface area contributed by atoms with Crippen molar-refractivity contribution in [3.8, 4) is 0 Å². The SMILES string of the molecule is CC(C)(C)OC(=O)NN(C(=O)CCc1c[nH]c2ccccc12)[C@H](CCC(=O)O)C(=O)O. The van der Waals surface area contributed by atoms with Crippen molar-refractivity contribution in [3.63, 3.8) is 0 Å². The Hall–Kier alpha value is -3.56. The van der Waals surface area contributed by atoms with Crippen LogP contribution >= 0.6 is 0 Å². The highest BCUT2D eigenvalue weighted by atomic mass is 16.6. The van der Waals surface area contributed by atoms with Crippen LogP contribution in [-0.2, 0) is 25.5 Å². The number of H-pyrrole nitrogens is 1. The Morgan fingerprint density at radius 1 is 1.13 bits per heavy atom. The standard InChI is InChI=1S/C21H27N3O7/c1-21(2,3)31-20(30)23-24(16(19(28)29)9-11-18(26)27)17(25)10-8-13-12-22-15-7-5-4-6-14(13)15/h4-7,12,16,22H,8-11H2,1-3H3,(H,23,30)(H,26,27)(H,28,29)/t16-/m1/s1. The van der Waals surface area contributed by atoms with Gasteiger partial charge in [0.25, 0.3) is 0 Å². The molecule has 1 atom stereocenters. The van der Waals surface area contributed by atoms with Gasteiger partial charge in [0.15, 0.2) is 6.04 Å². The molecule has 0 aliphatic heterocycles. The number of nitrogens with one attached hydrogen (secondary N) is 2. The van der Waals surface area contributed by atoms with E-state index in [1.54, 1.807) is 27.0 Å². The van der Waals surface area contributed by atoms with Crippen molar-refractivity contribution >= 4 is 34.8 Å². The van der Waals surface area contributed by atoms with Crippen molar-refractivity contribution in [3.05, 3.63) is 36.0 Å². The number of fused-ring (bicyclic) bond motifs is 1. The number of para-hydroxylation sites is 1. The lowest BCUT2D eigenvalue weighted by Gasteiger charge is -2.30. The van der Waals surface area contributed by atoms with Gasteiger partial charge in [-0.2, -0.15) is 0 Å². The van der Waals surface area contributed by atoms with Gasteiger partial charge in [-0.1, -0.05) is 18.2 Å². The highest BCUT2D eigenvalue weighted by molar-refractivity contribution is 5.87. The van der Waals surface area contributed by atoms with Gasteiger partial charge in [0.1, 0.15) is 5.60 Å². The number of carboxylic acids is 2. The molecule has 1 aromatic heterocycles. The lowest BCUT2D eigenvalue weighted by atomic mass is 10.1. The van der Waals surface area contributed by atoms with Gasteiger partial charge in [-0.05, 0) is 45.2 Å². The van der Waals surface area contributed by atoms with Gasteiger partial charge in [-0.25, -0.2) is 20.0 Å². The van der Waals surface area contributed by atoms with E-state index in [1.807, 2.05) is 24.3 Å². The zero-order valence-electron chi connectivity index (χ0n) is 17.7. The van der Waals surface area contributed by atoms with E-state index in [0.717, 1.165) is 16.5 Å². The molecule has 0 fully saturated rings. The number of rotatable bonds is 8. The van der Waals surface area contributed by atoms with Gasteiger partial charge in [-0.15, -0.1) is 0 Å². The first-order valence-electron chi connectivity index (χ1n) is 9.79. The topological polar surface area (TPSA) is 149 Å². The highest BCUT2D eigenvalue weighted by Gasteiger charge is 2.33. The number of aryl methyl sites for hydroxylation is 1. The molecule has 0 bridgehead atoms. The summed E-state index contributed by atoms with van der Waals surface area (Å²) in [5, 5.41) is 20.1. The van der Waals surface area contributed by atoms with E-state index in [4.69, 9.17) is 9.84 Å². The number of benzene rings is 1. The molecule has 0 unspecified atom stereocenters. The summed E-state index contributed by atoms with van der Waals surface area (Å²) >= 11 is 0. The number of nitrogens with zero attached hydrogens (tertiary/aromatic N) is 1. The third-order valence-electron chi connectivity index (χ3n) is 4.39. The van der Waals surface area contributed by atoms with Gasteiger partial charge in [0.2, 0.25) is 5.91 Å². The molecule has 0 saturated carbocycles. The van der Waals surface area contributed by atoms with Crippen LogP contribution in [0.1, 0.15) is 45.6 Å².